The molecule has 0 atom stereocenters. The molecule has 0 radical (unpaired) electrons. The van der Waals surface area contributed by atoms with Gasteiger partial charge in [-0.2, -0.15) is 0 Å². The molecular formula is C12H22N2O3. The van der Waals surface area contributed by atoms with Crippen molar-refractivity contribution in [1.29, 1.82) is 0 Å². The van der Waals surface area contributed by atoms with E-state index >= 15 is 0 Å². The predicted molar refractivity (Wildman–Crippen MR) is 64.8 cm³/mol. The molecule has 1 rings (SSSR count). The second kappa shape index (κ2) is 4.55. The molecule has 2 N–H and O–H groups in total. The van der Waals surface area contributed by atoms with Crippen LogP contribution < -0.4 is 5.32 Å². The molecule has 0 aromatic heterocycles. The summed E-state index contributed by atoms with van der Waals surface area (Å²) < 4.78 is 0. The average Bonchev–Trinajstić information content (AvgIpc) is 3.05. The summed E-state index contributed by atoms with van der Waals surface area (Å²) in [5.74, 6) is -1.01. The van der Waals surface area contributed by atoms with Crippen LogP contribution in [0.3, 0.4) is 0 Å². The molecular weight excluding hydrogens is 220 g/mol. The number of carbonyl (C=O) groups excluding carboxylic acids is 1. The van der Waals surface area contributed by atoms with Crippen LogP contribution in [0.1, 0.15) is 40.0 Å². The lowest BCUT2D eigenvalue weighted by atomic mass is 10.0. The molecule has 98 valence electrons. The number of amides is 2. The van der Waals surface area contributed by atoms with Gasteiger partial charge in [0, 0.05) is 13.6 Å². The van der Waals surface area contributed by atoms with Gasteiger partial charge < -0.3 is 15.3 Å². The summed E-state index contributed by atoms with van der Waals surface area (Å²) >= 11 is 0. The first-order chi connectivity index (χ1) is 7.75. The Morgan fingerprint density at radius 2 is 1.94 bits per heavy atom. The van der Waals surface area contributed by atoms with E-state index in [-0.39, 0.29) is 11.4 Å². The highest BCUT2D eigenvalue weighted by Crippen LogP contribution is 2.47. The van der Waals surface area contributed by atoms with Crippen molar-refractivity contribution in [2.24, 2.45) is 5.41 Å². The third-order valence-corrected chi connectivity index (χ3v) is 3.99. The van der Waals surface area contributed by atoms with Crippen LogP contribution in [-0.2, 0) is 4.79 Å². The van der Waals surface area contributed by atoms with Crippen LogP contribution in [0.15, 0.2) is 0 Å². The first-order valence-electron chi connectivity index (χ1n) is 6.00. The van der Waals surface area contributed by atoms with Gasteiger partial charge in [-0.1, -0.05) is 6.92 Å². The number of nitrogens with one attached hydrogen (secondary N) is 1. The summed E-state index contributed by atoms with van der Waals surface area (Å²) in [6, 6.07) is -0.322. The van der Waals surface area contributed by atoms with Crippen molar-refractivity contribution in [1.82, 2.24) is 10.2 Å². The zero-order valence-electron chi connectivity index (χ0n) is 11.0. The Morgan fingerprint density at radius 1 is 1.41 bits per heavy atom. The molecule has 0 unspecified atom stereocenters. The monoisotopic (exact) mass is 242 g/mol. The van der Waals surface area contributed by atoms with E-state index in [2.05, 4.69) is 12.2 Å². The quantitative estimate of drug-likeness (QED) is 0.770. The number of hydrogen-bond donors (Lipinski definition) is 2. The first kappa shape index (κ1) is 13.8. The van der Waals surface area contributed by atoms with Crippen molar-refractivity contribution in [3.05, 3.63) is 0 Å². The minimum absolute atomic E-state index is 0.268. The van der Waals surface area contributed by atoms with Crippen LogP contribution in [0.2, 0.25) is 0 Å². The minimum Gasteiger partial charge on any atom is -0.480 e. The molecule has 1 fully saturated rings. The van der Waals surface area contributed by atoms with E-state index in [1.54, 1.807) is 0 Å². The van der Waals surface area contributed by atoms with Gasteiger partial charge in [0.2, 0.25) is 0 Å². The molecule has 0 spiro atoms. The number of hydrogen-bond acceptors (Lipinski definition) is 2. The fourth-order valence-electron chi connectivity index (χ4n) is 1.61. The lowest BCUT2D eigenvalue weighted by Crippen LogP contribution is -2.54. The van der Waals surface area contributed by atoms with Gasteiger partial charge in [0.25, 0.3) is 0 Å². The van der Waals surface area contributed by atoms with Gasteiger partial charge in [0.1, 0.15) is 5.54 Å². The Labute approximate surface area is 102 Å². The molecule has 0 bridgehead atoms. The highest BCUT2D eigenvalue weighted by Gasteiger charge is 2.42. The Morgan fingerprint density at radius 3 is 2.29 bits per heavy atom. The lowest BCUT2D eigenvalue weighted by molar-refractivity contribution is -0.146. The van der Waals surface area contributed by atoms with Crippen molar-refractivity contribution in [2.75, 3.05) is 13.6 Å². The van der Waals surface area contributed by atoms with Crippen LogP contribution in [0.25, 0.3) is 0 Å². The van der Waals surface area contributed by atoms with Crippen LogP contribution in [0.5, 0.6) is 0 Å². The molecule has 1 aliphatic carbocycles. The Hall–Kier alpha value is -1.26. The van der Waals surface area contributed by atoms with E-state index in [4.69, 9.17) is 5.11 Å². The maximum atomic E-state index is 11.8. The van der Waals surface area contributed by atoms with Gasteiger partial charge in [-0.25, -0.2) is 9.59 Å². The number of urea groups is 1. The average molecular weight is 242 g/mol. The number of carboxylic acid groups (broad SMARTS) is 1. The molecule has 0 saturated heterocycles. The number of nitrogens with zero attached hydrogens (tertiary/aromatic N) is 1. The maximum Gasteiger partial charge on any atom is 0.329 e. The number of carboxylic acids is 1. The Bertz CT molecular complexity index is 322. The topological polar surface area (TPSA) is 69.6 Å². The number of rotatable bonds is 5. The van der Waals surface area contributed by atoms with Gasteiger partial charge in [0.15, 0.2) is 0 Å². The summed E-state index contributed by atoms with van der Waals surface area (Å²) in [4.78, 5) is 24.1. The van der Waals surface area contributed by atoms with Gasteiger partial charge in [-0.15, -0.1) is 0 Å². The van der Waals surface area contributed by atoms with E-state index in [0.717, 1.165) is 19.3 Å². The lowest BCUT2D eigenvalue weighted by Gasteiger charge is -2.32. The standard InChI is InChI=1S/C12H22N2O3/c1-5-12(6-7-12)8-13-10(17)14(4)11(2,3)9(15)16/h5-8H2,1-4H3,(H,13,17)(H,15,16). The van der Waals surface area contributed by atoms with E-state index in [9.17, 15) is 9.59 Å². The third-order valence-electron chi connectivity index (χ3n) is 3.99. The summed E-state index contributed by atoms with van der Waals surface area (Å²) in [6.45, 7) is 5.79. The molecule has 0 aliphatic heterocycles. The van der Waals surface area contributed by atoms with Crippen molar-refractivity contribution < 1.29 is 14.7 Å². The zero-order valence-corrected chi connectivity index (χ0v) is 11.0. The third kappa shape index (κ3) is 2.90. The number of aliphatic carboxylic acids is 1. The van der Waals surface area contributed by atoms with Gasteiger partial charge in [-0.3, -0.25) is 0 Å². The summed E-state index contributed by atoms with van der Waals surface area (Å²) in [5.41, 5.74) is -0.920. The molecule has 1 aliphatic rings. The van der Waals surface area contributed by atoms with Crippen molar-refractivity contribution >= 4 is 12.0 Å². The summed E-state index contributed by atoms with van der Waals surface area (Å²) in [5, 5.41) is 11.8. The predicted octanol–water partition coefficient (Wildman–Crippen LogP) is 1.68. The molecule has 0 heterocycles. The van der Waals surface area contributed by atoms with Gasteiger partial charge in [0.05, 0.1) is 0 Å². The second-order valence-corrected chi connectivity index (χ2v) is 5.44. The smallest absolute Gasteiger partial charge is 0.329 e. The Kier molecular flexibility index (Phi) is 3.69. The van der Waals surface area contributed by atoms with Crippen LogP contribution in [0, 0.1) is 5.41 Å². The molecule has 5 nitrogen and oxygen atoms in total. The second-order valence-electron chi connectivity index (χ2n) is 5.44. The highest BCUT2D eigenvalue weighted by atomic mass is 16.4. The van der Waals surface area contributed by atoms with E-state index in [1.807, 2.05) is 0 Å². The van der Waals surface area contributed by atoms with E-state index in [1.165, 1.54) is 25.8 Å². The molecule has 1 saturated carbocycles. The zero-order chi connectivity index (χ0) is 13.3. The molecule has 2 amide bonds. The molecule has 0 aromatic carbocycles. The van der Waals surface area contributed by atoms with Crippen molar-refractivity contribution in [2.45, 2.75) is 45.6 Å². The molecule has 17 heavy (non-hydrogen) atoms. The first-order valence-corrected chi connectivity index (χ1v) is 6.00. The van der Waals surface area contributed by atoms with Crippen LogP contribution in [-0.4, -0.2) is 41.1 Å². The van der Waals surface area contributed by atoms with Crippen molar-refractivity contribution in [3.8, 4) is 0 Å². The fraction of sp³-hybridized carbons (Fsp3) is 0.833. The SMILES string of the molecule is CCC1(CNC(=O)N(C)C(C)(C)C(=O)O)CC1. The normalized spacial score (nSPS) is 17.4. The number of carbonyl (C=O) groups is 2. The van der Waals surface area contributed by atoms with E-state index < -0.39 is 11.5 Å². The van der Waals surface area contributed by atoms with Crippen LogP contribution in [0.4, 0.5) is 4.79 Å². The number of likely N-dealkylation sites (N-methyl/N-ethyl adjacent to an activating group) is 1. The summed E-state index contributed by atoms with van der Waals surface area (Å²) in [6.07, 6.45) is 3.35. The molecule has 5 heteroatoms. The van der Waals surface area contributed by atoms with Gasteiger partial charge in [-0.05, 0) is 38.5 Å². The minimum atomic E-state index is -1.19. The van der Waals surface area contributed by atoms with Crippen molar-refractivity contribution in [3.63, 3.8) is 0 Å². The van der Waals surface area contributed by atoms with E-state index in [0.29, 0.717) is 6.54 Å². The highest BCUT2D eigenvalue weighted by molar-refractivity contribution is 5.85. The summed E-state index contributed by atoms with van der Waals surface area (Å²) in [7, 11) is 1.51. The largest absolute Gasteiger partial charge is 0.480 e. The van der Waals surface area contributed by atoms with Gasteiger partial charge >= 0.3 is 12.0 Å². The fourth-order valence-corrected chi connectivity index (χ4v) is 1.61. The van der Waals surface area contributed by atoms with Crippen LogP contribution >= 0.6 is 0 Å². The Balaban J connectivity index is 2.50. The maximum absolute atomic E-state index is 11.8. The molecule has 0 aromatic rings.